The molecule has 0 saturated carbocycles. The first-order valence-electron chi connectivity index (χ1n) is 5.77. The smallest absolute Gasteiger partial charge is 0.337 e. The van der Waals surface area contributed by atoms with Crippen LogP contribution in [0.15, 0.2) is 34.8 Å². The van der Waals surface area contributed by atoms with Gasteiger partial charge in [0.25, 0.3) is 0 Å². The van der Waals surface area contributed by atoms with Crippen LogP contribution in [0.4, 0.5) is 0 Å². The summed E-state index contributed by atoms with van der Waals surface area (Å²) in [4.78, 5) is 20.1. The van der Waals surface area contributed by atoms with Crippen LogP contribution in [-0.4, -0.2) is 28.2 Å². The summed E-state index contributed by atoms with van der Waals surface area (Å²) in [5, 5.41) is 9.22. The number of nitrogens with zero attached hydrogens (tertiary/aromatic N) is 2. The highest BCUT2D eigenvalue weighted by Gasteiger charge is 2.14. The maximum Gasteiger partial charge on any atom is 0.337 e. The van der Waals surface area contributed by atoms with Gasteiger partial charge in [-0.2, -0.15) is 0 Å². The molecular weight excluding hydrogens is 324 g/mol. The van der Waals surface area contributed by atoms with Gasteiger partial charge in [0.1, 0.15) is 16.8 Å². The Kier molecular flexibility index (Phi) is 3.02. The Morgan fingerprint density at radius 1 is 1.20 bits per heavy atom. The lowest BCUT2D eigenvalue weighted by Gasteiger charge is -2.08. The molecule has 0 aliphatic rings. The van der Waals surface area contributed by atoms with E-state index < -0.39 is 5.97 Å². The van der Waals surface area contributed by atoms with Gasteiger partial charge in [0, 0.05) is 4.47 Å². The van der Waals surface area contributed by atoms with Gasteiger partial charge in [0.05, 0.1) is 23.7 Å². The van der Waals surface area contributed by atoms with E-state index in [4.69, 9.17) is 4.74 Å². The summed E-state index contributed by atoms with van der Waals surface area (Å²) < 4.78 is 6.10. The first kappa shape index (κ1) is 12.8. The molecular formula is C14H9BrN2O3. The summed E-state index contributed by atoms with van der Waals surface area (Å²) in [6.45, 7) is 0. The summed E-state index contributed by atoms with van der Waals surface area (Å²) in [5.41, 5.74) is 2.20. The zero-order valence-electron chi connectivity index (χ0n) is 10.4. The molecule has 0 radical (unpaired) electrons. The van der Waals surface area contributed by atoms with Crippen LogP contribution in [0.3, 0.4) is 0 Å². The van der Waals surface area contributed by atoms with E-state index in [1.807, 2.05) is 6.07 Å². The number of halogens is 1. The number of aromatic carboxylic acids is 1. The fourth-order valence-corrected chi connectivity index (χ4v) is 2.49. The Labute approximate surface area is 122 Å². The van der Waals surface area contributed by atoms with E-state index in [1.165, 1.54) is 13.2 Å². The van der Waals surface area contributed by atoms with E-state index in [9.17, 15) is 9.90 Å². The zero-order valence-corrected chi connectivity index (χ0v) is 12.0. The third-order valence-corrected chi connectivity index (χ3v) is 3.41. The number of fused-ring (bicyclic) bond motifs is 2. The molecule has 5 nitrogen and oxygen atoms in total. The lowest BCUT2D eigenvalue weighted by atomic mass is 10.1. The van der Waals surface area contributed by atoms with Gasteiger partial charge in [-0.15, -0.1) is 0 Å². The zero-order chi connectivity index (χ0) is 14.3. The third kappa shape index (κ3) is 1.98. The highest BCUT2D eigenvalue weighted by Crippen LogP contribution is 2.29. The second kappa shape index (κ2) is 4.72. The fourth-order valence-electron chi connectivity index (χ4n) is 2.07. The predicted octanol–water partition coefficient (Wildman–Crippen LogP) is 3.25. The van der Waals surface area contributed by atoms with Crippen LogP contribution in [0, 0.1) is 0 Å². The minimum absolute atomic E-state index is 0.127. The van der Waals surface area contributed by atoms with E-state index in [1.54, 1.807) is 18.2 Å². The highest BCUT2D eigenvalue weighted by molar-refractivity contribution is 9.10. The quantitative estimate of drug-likeness (QED) is 0.729. The molecule has 0 aliphatic carbocycles. The predicted molar refractivity (Wildman–Crippen MR) is 78.3 cm³/mol. The van der Waals surface area contributed by atoms with Gasteiger partial charge in [0.15, 0.2) is 0 Å². The van der Waals surface area contributed by atoms with Crippen molar-refractivity contribution in [1.82, 2.24) is 9.97 Å². The Bertz CT molecular complexity index is 849. The van der Waals surface area contributed by atoms with Crippen LogP contribution < -0.4 is 4.74 Å². The second-order valence-electron chi connectivity index (χ2n) is 4.18. The molecule has 0 fully saturated rings. The van der Waals surface area contributed by atoms with E-state index in [0.29, 0.717) is 27.8 Å². The maximum absolute atomic E-state index is 11.3. The van der Waals surface area contributed by atoms with Crippen molar-refractivity contribution < 1.29 is 14.6 Å². The molecule has 0 unspecified atom stereocenters. The third-order valence-electron chi connectivity index (χ3n) is 2.95. The Morgan fingerprint density at radius 3 is 2.70 bits per heavy atom. The van der Waals surface area contributed by atoms with Crippen LogP contribution in [0.25, 0.3) is 22.1 Å². The van der Waals surface area contributed by atoms with E-state index in [-0.39, 0.29) is 5.56 Å². The Hall–Kier alpha value is -2.21. The summed E-state index contributed by atoms with van der Waals surface area (Å²) in [6.07, 6.45) is 0. The Morgan fingerprint density at radius 2 is 2.00 bits per heavy atom. The molecule has 6 heteroatoms. The van der Waals surface area contributed by atoms with Crippen molar-refractivity contribution in [1.29, 1.82) is 0 Å². The molecule has 3 aromatic rings. The van der Waals surface area contributed by atoms with Crippen molar-refractivity contribution in [2.24, 2.45) is 0 Å². The highest BCUT2D eigenvalue weighted by atomic mass is 79.9. The number of hydrogen-bond donors (Lipinski definition) is 1. The summed E-state index contributed by atoms with van der Waals surface area (Å²) in [5.74, 6) is -0.482. The fraction of sp³-hybridized carbons (Fsp3) is 0.0714. The minimum atomic E-state index is -1.03. The summed E-state index contributed by atoms with van der Waals surface area (Å²) in [7, 11) is 1.54. The number of carboxylic acids is 1. The second-order valence-corrected chi connectivity index (χ2v) is 5.09. The molecule has 0 spiro atoms. The van der Waals surface area contributed by atoms with Gasteiger partial charge in [-0.25, -0.2) is 14.8 Å². The molecule has 20 heavy (non-hydrogen) atoms. The number of carboxylic acid groups (broad SMARTS) is 1. The first-order valence-corrected chi connectivity index (χ1v) is 6.57. The molecule has 1 heterocycles. The van der Waals surface area contributed by atoms with Gasteiger partial charge in [-0.05, 0) is 24.3 Å². The number of hydrogen-bond acceptors (Lipinski definition) is 4. The monoisotopic (exact) mass is 332 g/mol. The molecule has 1 aromatic heterocycles. The number of para-hydroxylation sites is 1. The molecule has 100 valence electrons. The van der Waals surface area contributed by atoms with Gasteiger partial charge in [0.2, 0.25) is 0 Å². The molecule has 0 atom stereocenters. The van der Waals surface area contributed by atoms with Crippen LogP contribution >= 0.6 is 15.9 Å². The van der Waals surface area contributed by atoms with Crippen molar-refractivity contribution in [2.75, 3.05) is 7.11 Å². The van der Waals surface area contributed by atoms with E-state index in [0.717, 1.165) is 4.47 Å². The number of methoxy groups -OCH3 is 1. The maximum atomic E-state index is 11.3. The number of ether oxygens (including phenoxy) is 1. The lowest BCUT2D eigenvalue weighted by Crippen LogP contribution is -2.00. The van der Waals surface area contributed by atoms with E-state index >= 15 is 0 Å². The van der Waals surface area contributed by atoms with Gasteiger partial charge < -0.3 is 9.84 Å². The van der Waals surface area contributed by atoms with Gasteiger partial charge in [-0.3, -0.25) is 0 Å². The molecule has 0 bridgehead atoms. The SMILES string of the molecule is COc1cc(Br)cc2nc3cccc(C(=O)O)c3nc12. The summed E-state index contributed by atoms with van der Waals surface area (Å²) in [6, 6.07) is 8.49. The summed E-state index contributed by atoms with van der Waals surface area (Å²) >= 11 is 3.38. The van der Waals surface area contributed by atoms with Crippen molar-refractivity contribution >= 4 is 44.0 Å². The average Bonchev–Trinajstić information content (AvgIpc) is 2.43. The lowest BCUT2D eigenvalue weighted by molar-refractivity contribution is 0.0699. The standard InChI is InChI=1S/C14H9BrN2O3/c1-20-11-6-7(15)5-10-13(11)17-12-8(14(18)19)3-2-4-9(12)16-10/h2-6H,1H3,(H,18,19). The number of benzene rings is 2. The molecule has 2 aromatic carbocycles. The van der Waals surface area contributed by atoms with Crippen molar-refractivity contribution in [3.05, 3.63) is 40.4 Å². The minimum Gasteiger partial charge on any atom is -0.494 e. The van der Waals surface area contributed by atoms with Gasteiger partial charge >= 0.3 is 5.97 Å². The average molecular weight is 333 g/mol. The van der Waals surface area contributed by atoms with Crippen LogP contribution in [0.5, 0.6) is 5.75 Å². The molecule has 0 amide bonds. The largest absolute Gasteiger partial charge is 0.494 e. The number of aromatic nitrogens is 2. The first-order chi connectivity index (χ1) is 9.60. The number of carbonyl (C=O) groups is 1. The molecule has 3 rings (SSSR count). The Balaban J connectivity index is 2.47. The van der Waals surface area contributed by atoms with Crippen LogP contribution in [0.1, 0.15) is 10.4 Å². The normalized spacial score (nSPS) is 10.9. The molecule has 1 N–H and O–H groups in total. The molecule has 0 aliphatic heterocycles. The van der Waals surface area contributed by atoms with Crippen LogP contribution in [-0.2, 0) is 0 Å². The van der Waals surface area contributed by atoms with Crippen molar-refractivity contribution in [3.63, 3.8) is 0 Å². The van der Waals surface area contributed by atoms with E-state index in [2.05, 4.69) is 25.9 Å². The number of rotatable bonds is 2. The molecule has 0 saturated heterocycles. The van der Waals surface area contributed by atoms with Crippen molar-refractivity contribution in [3.8, 4) is 5.75 Å². The van der Waals surface area contributed by atoms with Crippen molar-refractivity contribution in [2.45, 2.75) is 0 Å². The van der Waals surface area contributed by atoms with Crippen LogP contribution in [0.2, 0.25) is 0 Å². The topological polar surface area (TPSA) is 72.3 Å². The van der Waals surface area contributed by atoms with Gasteiger partial charge in [-0.1, -0.05) is 22.0 Å².